The van der Waals surface area contributed by atoms with E-state index in [0.29, 0.717) is 0 Å². The van der Waals surface area contributed by atoms with Crippen LogP contribution in [0.25, 0.3) is 0 Å². The predicted molar refractivity (Wildman–Crippen MR) is 76.0 cm³/mol. The zero-order chi connectivity index (χ0) is 15.4. The van der Waals surface area contributed by atoms with E-state index >= 15 is 0 Å². The summed E-state index contributed by atoms with van der Waals surface area (Å²) in [7, 11) is 1.97. The first-order valence-corrected chi connectivity index (χ1v) is 6.74. The SMILES string of the molecule is CN1CCCC(NC(=O)Nc2cc(C(=O)O)ccc2F)C1. The van der Waals surface area contributed by atoms with Gasteiger partial charge in [-0.25, -0.2) is 14.0 Å². The summed E-state index contributed by atoms with van der Waals surface area (Å²) < 4.78 is 13.6. The van der Waals surface area contributed by atoms with Crippen molar-refractivity contribution >= 4 is 17.7 Å². The first-order valence-electron chi connectivity index (χ1n) is 6.74. The molecular weight excluding hydrogens is 277 g/mol. The second kappa shape index (κ2) is 6.53. The van der Waals surface area contributed by atoms with E-state index < -0.39 is 17.8 Å². The molecule has 1 unspecified atom stereocenters. The molecule has 1 heterocycles. The minimum Gasteiger partial charge on any atom is -0.478 e. The number of carboxylic acid groups (broad SMARTS) is 1. The summed E-state index contributed by atoms with van der Waals surface area (Å²) in [5.74, 6) is -1.84. The van der Waals surface area contributed by atoms with Gasteiger partial charge in [-0.15, -0.1) is 0 Å². The highest BCUT2D eigenvalue weighted by Crippen LogP contribution is 2.16. The summed E-state index contributed by atoms with van der Waals surface area (Å²) in [6.45, 7) is 1.74. The molecule has 2 amide bonds. The standard InChI is InChI=1S/C14H18FN3O3/c1-18-6-2-3-10(8-18)16-14(21)17-12-7-9(13(19)20)4-5-11(12)15/h4-5,7,10H,2-3,6,8H2,1H3,(H,19,20)(H2,16,17,21). The highest BCUT2D eigenvalue weighted by Gasteiger charge is 2.19. The molecule has 1 aromatic carbocycles. The lowest BCUT2D eigenvalue weighted by atomic mass is 10.1. The smallest absolute Gasteiger partial charge is 0.335 e. The van der Waals surface area contributed by atoms with Crippen LogP contribution in [0.4, 0.5) is 14.9 Å². The zero-order valence-electron chi connectivity index (χ0n) is 11.7. The molecule has 1 aromatic rings. The van der Waals surface area contributed by atoms with E-state index in [9.17, 15) is 14.0 Å². The van der Waals surface area contributed by atoms with Crippen molar-refractivity contribution in [2.45, 2.75) is 18.9 Å². The summed E-state index contributed by atoms with van der Waals surface area (Å²) in [6, 6.07) is 2.75. The molecule has 0 aliphatic carbocycles. The number of hydrogen-bond acceptors (Lipinski definition) is 3. The van der Waals surface area contributed by atoms with Crippen LogP contribution in [-0.4, -0.2) is 48.2 Å². The van der Waals surface area contributed by atoms with Gasteiger partial charge in [-0.3, -0.25) is 0 Å². The van der Waals surface area contributed by atoms with Gasteiger partial charge >= 0.3 is 12.0 Å². The van der Waals surface area contributed by atoms with Gasteiger partial charge in [0, 0.05) is 12.6 Å². The Kier molecular flexibility index (Phi) is 4.74. The number of piperidine rings is 1. The average Bonchev–Trinajstić information content (AvgIpc) is 2.41. The maximum Gasteiger partial charge on any atom is 0.335 e. The number of benzene rings is 1. The average molecular weight is 295 g/mol. The van der Waals surface area contributed by atoms with Gasteiger partial charge in [-0.2, -0.15) is 0 Å². The van der Waals surface area contributed by atoms with Crippen LogP contribution in [-0.2, 0) is 0 Å². The van der Waals surface area contributed by atoms with Crippen molar-refractivity contribution in [2.24, 2.45) is 0 Å². The van der Waals surface area contributed by atoms with Crippen molar-refractivity contribution in [3.63, 3.8) is 0 Å². The molecule has 0 saturated carbocycles. The Morgan fingerprint density at radius 1 is 1.43 bits per heavy atom. The quantitative estimate of drug-likeness (QED) is 0.793. The van der Waals surface area contributed by atoms with E-state index in [1.807, 2.05) is 7.05 Å². The third kappa shape index (κ3) is 4.16. The van der Waals surface area contributed by atoms with Crippen molar-refractivity contribution in [3.8, 4) is 0 Å². The molecule has 6 nitrogen and oxygen atoms in total. The van der Waals surface area contributed by atoms with Crippen LogP contribution in [0.5, 0.6) is 0 Å². The monoisotopic (exact) mass is 295 g/mol. The van der Waals surface area contributed by atoms with Crippen LogP contribution in [0, 0.1) is 5.82 Å². The number of carbonyl (C=O) groups is 2. The number of aromatic carboxylic acids is 1. The number of likely N-dealkylation sites (N-methyl/N-ethyl adjacent to an activating group) is 1. The van der Waals surface area contributed by atoms with Gasteiger partial charge in [-0.05, 0) is 44.6 Å². The number of rotatable bonds is 3. The Balaban J connectivity index is 1.99. The number of carbonyl (C=O) groups excluding carboxylic acids is 1. The number of carboxylic acids is 1. The lowest BCUT2D eigenvalue weighted by Crippen LogP contribution is -2.47. The van der Waals surface area contributed by atoms with Gasteiger partial charge in [0.25, 0.3) is 0 Å². The number of likely N-dealkylation sites (tertiary alicyclic amines) is 1. The fourth-order valence-electron chi connectivity index (χ4n) is 2.38. The summed E-state index contributed by atoms with van der Waals surface area (Å²) in [6.07, 6.45) is 1.86. The molecule has 7 heteroatoms. The number of amides is 2. The fourth-order valence-corrected chi connectivity index (χ4v) is 2.38. The second-order valence-corrected chi connectivity index (χ2v) is 5.20. The molecule has 1 fully saturated rings. The Bertz CT molecular complexity index is 550. The molecule has 21 heavy (non-hydrogen) atoms. The lowest BCUT2D eigenvalue weighted by molar-refractivity contribution is 0.0697. The fraction of sp³-hybridized carbons (Fsp3) is 0.429. The molecule has 1 saturated heterocycles. The van der Waals surface area contributed by atoms with Crippen LogP contribution in [0.3, 0.4) is 0 Å². The normalized spacial score (nSPS) is 19.0. The molecule has 0 bridgehead atoms. The number of nitrogens with zero attached hydrogens (tertiary/aromatic N) is 1. The molecule has 114 valence electrons. The van der Waals surface area contributed by atoms with Gasteiger partial charge < -0.3 is 20.6 Å². The number of nitrogens with one attached hydrogen (secondary N) is 2. The van der Waals surface area contributed by atoms with Crippen LogP contribution < -0.4 is 10.6 Å². The molecule has 3 N–H and O–H groups in total. The summed E-state index contributed by atoms with van der Waals surface area (Å²) in [4.78, 5) is 24.8. The maximum atomic E-state index is 13.6. The molecule has 2 rings (SSSR count). The van der Waals surface area contributed by atoms with Crippen molar-refractivity contribution in [3.05, 3.63) is 29.6 Å². The van der Waals surface area contributed by atoms with E-state index in [4.69, 9.17) is 5.11 Å². The van der Waals surface area contributed by atoms with Crippen molar-refractivity contribution in [1.82, 2.24) is 10.2 Å². The number of urea groups is 1. The number of hydrogen-bond donors (Lipinski definition) is 3. The second-order valence-electron chi connectivity index (χ2n) is 5.20. The maximum absolute atomic E-state index is 13.6. The highest BCUT2D eigenvalue weighted by atomic mass is 19.1. The Labute approximate surface area is 121 Å². The van der Waals surface area contributed by atoms with Crippen molar-refractivity contribution < 1.29 is 19.1 Å². The highest BCUT2D eigenvalue weighted by molar-refractivity contribution is 5.93. The summed E-state index contributed by atoms with van der Waals surface area (Å²) >= 11 is 0. The van der Waals surface area contributed by atoms with Crippen LogP contribution in [0.2, 0.25) is 0 Å². The molecule has 0 radical (unpaired) electrons. The first kappa shape index (κ1) is 15.2. The van der Waals surface area contributed by atoms with Gasteiger partial charge in [0.15, 0.2) is 0 Å². The number of halogens is 1. The largest absolute Gasteiger partial charge is 0.478 e. The van der Waals surface area contributed by atoms with Gasteiger partial charge in [0.2, 0.25) is 0 Å². The molecule has 0 aromatic heterocycles. The van der Waals surface area contributed by atoms with Crippen LogP contribution in [0.15, 0.2) is 18.2 Å². The van der Waals surface area contributed by atoms with E-state index in [1.165, 1.54) is 0 Å². The van der Waals surface area contributed by atoms with Crippen LogP contribution >= 0.6 is 0 Å². The van der Waals surface area contributed by atoms with Gasteiger partial charge in [0.1, 0.15) is 5.82 Å². The predicted octanol–water partition coefficient (Wildman–Crippen LogP) is 1.74. The van der Waals surface area contributed by atoms with E-state index in [0.717, 1.165) is 44.1 Å². The minimum absolute atomic E-state index is 0.00877. The summed E-state index contributed by atoms with van der Waals surface area (Å²) in [5, 5.41) is 14.0. The molecular formula is C14H18FN3O3. The van der Waals surface area contributed by atoms with E-state index in [2.05, 4.69) is 15.5 Å². The van der Waals surface area contributed by atoms with E-state index in [1.54, 1.807) is 0 Å². The lowest BCUT2D eigenvalue weighted by Gasteiger charge is -2.30. The molecule has 0 spiro atoms. The molecule has 1 aliphatic rings. The van der Waals surface area contributed by atoms with Crippen molar-refractivity contribution in [2.75, 3.05) is 25.5 Å². The van der Waals surface area contributed by atoms with Gasteiger partial charge in [0.05, 0.1) is 11.3 Å². The first-order chi connectivity index (χ1) is 9.95. The third-order valence-corrected chi connectivity index (χ3v) is 3.42. The Morgan fingerprint density at radius 2 is 2.19 bits per heavy atom. The Hall–Kier alpha value is -2.15. The van der Waals surface area contributed by atoms with Crippen molar-refractivity contribution in [1.29, 1.82) is 0 Å². The van der Waals surface area contributed by atoms with Crippen LogP contribution in [0.1, 0.15) is 23.2 Å². The summed E-state index contributed by atoms with van der Waals surface area (Å²) in [5.41, 5.74) is -0.222. The third-order valence-electron chi connectivity index (χ3n) is 3.42. The Morgan fingerprint density at radius 3 is 2.86 bits per heavy atom. The zero-order valence-corrected chi connectivity index (χ0v) is 11.7. The number of anilines is 1. The topological polar surface area (TPSA) is 81.7 Å². The van der Waals surface area contributed by atoms with E-state index in [-0.39, 0.29) is 17.3 Å². The van der Waals surface area contributed by atoms with Gasteiger partial charge in [-0.1, -0.05) is 0 Å². The molecule has 1 aliphatic heterocycles. The minimum atomic E-state index is -1.17. The molecule has 1 atom stereocenters.